The minimum atomic E-state index is 0.381. The van der Waals surface area contributed by atoms with Gasteiger partial charge in [0.05, 0.1) is 27.0 Å². The van der Waals surface area contributed by atoms with Crippen molar-refractivity contribution in [1.29, 1.82) is 0 Å². The van der Waals surface area contributed by atoms with Crippen LogP contribution in [-0.4, -0.2) is 32.2 Å². The van der Waals surface area contributed by atoms with E-state index in [0.29, 0.717) is 10.9 Å². The standard InChI is InChI=1S/C18H21N3O3S/c1-12(16-11-15(23-3)9-10-17(16)24-4)20-21-18(25)19-13-5-7-14(22-2)8-6-13/h5-11H,1-4H3,(H2,19,21,25)/b20-12-. The number of nitrogens with zero attached hydrogens (tertiary/aromatic N) is 1. The molecule has 0 atom stereocenters. The molecule has 2 N–H and O–H groups in total. The Hall–Kier alpha value is -2.80. The maximum Gasteiger partial charge on any atom is 0.191 e. The maximum atomic E-state index is 5.37. The molecular weight excluding hydrogens is 338 g/mol. The molecular formula is C18H21N3O3S. The monoisotopic (exact) mass is 359 g/mol. The van der Waals surface area contributed by atoms with E-state index in [-0.39, 0.29) is 0 Å². The highest BCUT2D eigenvalue weighted by molar-refractivity contribution is 7.80. The van der Waals surface area contributed by atoms with Crippen molar-refractivity contribution in [2.24, 2.45) is 5.10 Å². The number of ether oxygens (including phenoxy) is 3. The summed E-state index contributed by atoms with van der Waals surface area (Å²) >= 11 is 5.26. The number of hydrogen-bond donors (Lipinski definition) is 2. The van der Waals surface area contributed by atoms with Crippen LogP contribution in [-0.2, 0) is 0 Å². The molecule has 0 aliphatic heterocycles. The summed E-state index contributed by atoms with van der Waals surface area (Å²) in [6, 6.07) is 13.0. The number of benzene rings is 2. The van der Waals surface area contributed by atoms with Crippen molar-refractivity contribution < 1.29 is 14.2 Å². The molecule has 2 rings (SSSR count). The third-order valence-corrected chi connectivity index (χ3v) is 3.66. The van der Waals surface area contributed by atoms with Crippen LogP contribution in [0.5, 0.6) is 17.2 Å². The Morgan fingerprint density at radius 3 is 2.16 bits per heavy atom. The first kappa shape index (κ1) is 18.5. The summed E-state index contributed by atoms with van der Waals surface area (Å²) in [7, 11) is 4.85. The molecule has 0 amide bonds. The van der Waals surface area contributed by atoms with E-state index in [1.165, 1.54) is 0 Å². The molecule has 6 nitrogen and oxygen atoms in total. The Labute approximate surface area is 152 Å². The quantitative estimate of drug-likeness (QED) is 0.468. The highest BCUT2D eigenvalue weighted by Gasteiger charge is 2.08. The average molecular weight is 359 g/mol. The third kappa shape index (κ3) is 5.09. The molecule has 2 aromatic rings. The lowest BCUT2D eigenvalue weighted by atomic mass is 10.1. The normalized spacial score (nSPS) is 10.8. The van der Waals surface area contributed by atoms with Crippen molar-refractivity contribution in [3.8, 4) is 17.2 Å². The second-order valence-electron chi connectivity index (χ2n) is 5.06. The summed E-state index contributed by atoms with van der Waals surface area (Å²) in [6.45, 7) is 1.86. The van der Waals surface area contributed by atoms with Gasteiger partial charge in [-0.2, -0.15) is 5.10 Å². The molecule has 0 saturated heterocycles. The summed E-state index contributed by atoms with van der Waals surface area (Å²) in [5.74, 6) is 2.21. The van der Waals surface area contributed by atoms with Crippen LogP contribution in [0, 0.1) is 0 Å². The first-order chi connectivity index (χ1) is 12.1. The molecule has 0 radical (unpaired) electrons. The highest BCUT2D eigenvalue weighted by Crippen LogP contribution is 2.24. The summed E-state index contributed by atoms with van der Waals surface area (Å²) in [5.41, 5.74) is 5.20. The van der Waals surface area contributed by atoms with Crippen molar-refractivity contribution in [1.82, 2.24) is 5.43 Å². The Balaban J connectivity index is 2.05. The van der Waals surface area contributed by atoms with Crippen molar-refractivity contribution in [2.45, 2.75) is 6.92 Å². The van der Waals surface area contributed by atoms with Crippen molar-refractivity contribution in [2.75, 3.05) is 26.6 Å². The number of nitrogens with one attached hydrogen (secondary N) is 2. The Bertz CT molecular complexity index is 761. The van der Waals surface area contributed by atoms with E-state index in [0.717, 1.165) is 28.5 Å². The van der Waals surface area contributed by atoms with E-state index in [1.807, 2.05) is 49.4 Å². The van der Waals surface area contributed by atoms with Gasteiger partial charge >= 0.3 is 0 Å². The van der Waals surface area contributed by atoms with E-state index in [1.54, 1.807) is 21.3 Å². The summed E-state index contributed by atoms with van der Waals surface area (Å²) in [5, 5.41) is 7.74. The second-order valence-corrected chi connectivity index (χ2v) is 5.47. The van der Waals surface area contributed by atoms with Gasteiger partial charge in [-0.25, -0.2) is 0 Å². The predicted octanol–water partition coefficient (Wildman–Crippen LogP) is 3.42. The molecule has 0 unspecified atom stereocenters. The lowest BCUT2D eigenvalue weighted by Gasteiger charge is -2.11. The fourth-order valence-corrected chi connectivity index (χ4v) is 2.29. The summed E-state index contributed by atoms with van der Waals surface area (Å²) in [4.78, 5) is 0. The number of thiocarbonyl (C=S) groups is 1. The Kier molecular flexibility index (Phi) is 6.59. The lowest BCUT2D eigenvalue weighted by Crippen LogP contribution is -2.25. The van der Waals surface area contributed by atoms with Gasteiger partial charge in [0.2, 0.25) is 0 Å². The molecule has 0 aliphatic rings. The van der Waals surface area contributed by atoms with Crippen LogP contribution in [0.1, 0.15) is 12.5 Å². The van der Waals surface area contributed by atoms with E-state index in [2.05, 4.69) is 15.8 Å². The lowest BCUT2D eigenvalue weighted by molar-refractivity contribution is 0.402. The van der Waals surface area contributed by atoms with Crippen molar-refractivity contribution in [3.63, 3.8) is 0 Å². The first-order valence-electron chi connectivity index (χ1n) is 7.55. The smallest absolute Gasteiger partial charge is 0.191 e. The second kappa shape index (κ2) is 8.89. The van der Waals surface area contributed by atoms with Gasteiger partial charge in [-0.05, 0) is 61.6 Å². The van der Waals surface area contributed by atoms with Crippen LogP contribution >= 0.6 is 12.2 Å². The largest absolute Gasteiger partial charge is 0.497 e. The van der Waals surface area contributed by atoms with Gasteiger partial charge in [-0.15, -0.1) is 0 Å². The van der Waals surface area contributed by atoms with Crippen molar-refractivity contribution >= 4 is 28.7 Å². The molecule has 2 aromatic carbocycles. The fourth-order valence-electron chi connectivity index (χ4n) is 2.13. The van der Waals surface area contributed by atoms with E-state index < -0.39 is 0 Å². The zero-order chi connectivity index (χ0) is 18.2. The Morgan fingerprint density at radius 1 is 0.920 bits per heavy atom. The third-order valence-electron chi connectivity index (χ3n) is 3.47. The molecule has 0 fully saturated rings. The number of rotatable bonds is 6. The molecule has 0 heterocycles. The minimum absolute atomic E-state index is 0.381. The Morgan fingerprint density at radius 2 is 1.56 bits per heavy atom. The topological polar surface area (TPSA) is 64.1 Å². The van der Waals surface area contributed by atoms with E-state index >= 15 is 0 Å². The zero-order valence-corrected chi connectivity index (χ0v) is 15.4. The number of anilines is 1. The molecule has 0 bridgehead atoms. The SMILES string of the molecule is COc1ccc(NC(=S)N/N=C(/C)c2cc(OC)ccc2OC)cc1. The average Bonchev–Trinajstić information content (AvgIpc) is 2.66. The van der Waals surface area contributed by atoms with E-state index in [9.17, 15) is 0 Å². The minimum Gasteiger partial charge on any atom is -0.497 e. The number of methoxy groups -OCH3 is 3. The van der Waals surface area contributed by atoms with E-state index in [4.69, 9.17) is 26.4 Å². The van der Waals surface area contributed by atoms with Crippen LogP contribution in [0.3, 0.4) is 0 Å². The summed E-state index contributed by atoms with van der Waals surface area (Å²) in [6.07, 6.45) is 0. The van der Waals surface area contributed by atoms with Crippen LogP contribution in [0.4, 0.5) is 5.69 Å². The van der Waals surface area contributed by atoms with Gasteiger partial charge in [0.1, 0.15) is 17.2 Å². The molecule has 132 valence electrons. The van der Waals surface area contributed by atoms with Gasteiger partial charge < -0.3 is 19.5 Å². The number of hydrogen-bond acceptors (Lipinski definition) is 5. The van der Waals surface area contributed by atoms with Gasteiger partial charge in [0.25, 0.3) is 0 Å². The van der Waals surface area contributed by atoms with Crippen molar-refractivity contribution in [3.05, 3.63) is 48.0 Å². The van der Waals surface area contributed by atoms with Crippen LogP contribution in [0.25, 0.3) is 0 Å². The molecule has 0 spiro atoms. The van der Waals surface area contributed by atoms with Gasteiger partial charge in [-0.3, -0.25) is 5.43 Å². The van der Waals surface area contributed by atoms with Crippen LogP contribution < -0.4 is 25.0 Å². The molecule has 25 heavy (non-hydrogen) atoms. The zero-order valence-electron chi connectivity index (χ0n) is 14.6. The van der Waals surface area contributed by atoms with Crippen LogP contribution in [0.2, 0.25) is 0 Å². The number of hydrazone groups is 1. The fraction of sp³-hybridized carbons (Fsp3) is 0.222. The highest BCUT2D eigenvalue weighted by atomic mass is 32.1. The van der Waals surface area contributed by atoms with Crippen LogP contribution in [0.15, 0.2) is 47.6 Å². The molecule has 0 saturated carbocycles. The first-order valence-corrected chi connectivity index (χ1v) is 7.96. The van der Waals surface area contributed by atoms with Gasteiger partial charge in [-0.1, -0.05) is 0 Å². The molecule has 0 aliphatic carbocycles. The molecule has 0 aromatic heterocycles. The molecule has 7 heteroatoms. The maximum absolute atomic E-state index is 5.37. The summed E-state index contributed by atoms with van der Waals surface area (Å²) < 4.78 is 15.7. The van der Waals surface area contributed by atoms with Gasteiger partial charge in [0.15, 0.2) is 5.11 Å². The predicted molar refractivity (Wildman–Crippen MR) is 104 cm³/mol. The van der Waals surface area contributed by atoms with Gasteiger partial charge in [0, 0.05) is 11.3 Å².